The molecule has 0 saturated carbocycles. The van der Waals surface area contributed by atoms with Crippen LogP contribution in [0.1, 0.15) is 22.3 Å². The first-order chi connectivity index (χ1) is 27.3. The SMILES string of the molecule is c1ccc(C2(c3ccccc3)c3ccccc3-c3c(N(c4ccccc4-c4ccc5sc6ccccc6c5c4)c4cccc5ccccc45)cccc32)cc1. The van der Waals surface area contributed by atoms with E-state index in [4.69, 9.17) is 0 Å². The standard InChI is InChI=1S/C53H35NS/c1-3-19-38(20-4-1)53(39-21-5-2-6-22-39)45-27-12-9-26-43(45)52-46(53)28-16-31-49(52)54(48-30-15-18-36-17-7-8-23-40(36)48)47-29-13-10-24-41(47)37-33-34-51-44(35-37)42-25-11-14-32-50(42)55-51/h1-35H. The Balaban J connectivity index is 1.24. The first-order valence-electron chi connectivity index (χ1n) is 18.9. The lowest BCUT2D eigenvalue weighted by Gasteiger charge is -2.35. The van der Waals surface area contributed by atoms with Crippen molar-refractivity contribution in [1.82, 2.24) is 0 Å². The van der Waals surface area contributed by atoms with E-state index in [1.165, 1.54) is 75.5 Å². The molecule has 10 aromatic rings. The average molecular weight is 718 g/mol. The van der Waals surface area contributed by atoms with Gasteiger partial charge < -0.3 is 4.90 Å². The highest BCUT2D eigenvalue weighted by atomic mass is 32.1. The highest BCUT2D eigenvalue weighted by molar-refractivity contribution is 7.25. The summed E-state index contributed by atoms with van der Waals surface area (Å²) in [6, 6.07) is 78.4. The van der Waals surface area contributed by atoms with E-state index in [1.807, 2.05) is 11.3 Å². The second-order valence-corrected chi connectivity index (χ2v) is 15.5. The lowest BCUT2D eigenvalue weighted by atomic mass is 9.68. The minimum Gasteiger partial charge on any atom is -0.309 e. The Morgan fingerprint density at radius 2 is 0.927 bits per heavy atom. The van der Waals surface area contributed by atoms with Crippen LogP contribution in [0.15, 0.2) is 212 Å². The zero-order valence-electron chi connectivity index (χ0n) is 30.1. The van der Waals surface area contributed by atoms with Crippen molar-refractivity contribution in [3.05, 3.63) is 235 Å². The number of rotatable bonds is 6. The third-order valence-electron chi connectivity index (χ3n) is 11.5. The minimum atomic E-state index is -0.501. The van der Waals surface area contributed by atoms with Gasteiger partial charge in [-0.15, -0.1) is 11.3 Å². The van der Waals surface area contributed by atoms with Crippen LogP contribution in [0.3, 0.4) is 0 Å². The molecule has 258 valence electrons. The van der Waals surface area contributed by atoms with Crippen molar-refractivity contribution in [2.45, 2.75) is 5.41 Å². The van der Waals surface area contributed by atoms with Crippen LogP contribution in [0.4, 0.5) is 17.1 Å². The Hall–Kier alpha value is -6.74. The summed E-state index contributed by atoms with van der Waals surface area (Å²) in [7, 11) is 0. The summed E-state index contributed by atoms with van der Waals surface area (Å²) >= 11 is 1.86. The van der Waals surface area contributed by atoms with Crippen molar-refractivity contribution >= 4 is 59.3 Å². The molecule has 0 N–H and O–H groups in total. The fourth-order valence-corrected chi connectivity index (χ4v) is 10.3. The molecule has 0 spiro atoms. The van der Waals surface area contributed by atoms with E-state index in [9.17, 15) is 0 Å². The predicted molar refractivity (Wildman–Crippen MR) is 234 cm³/mol. The van der Waals surface area contributed by atoms with Crippen molar-refractivity contribution in [2.24, 2.45) is 0 Å². The molecule has 0 amide bonds. The highest BCUT2D eigenvalue weighted by Gasteiger charge is 2.47. The van der Waals surface area contributed by atoms with E-state index in [0.717, 1.165) is 17.1 Å². The van der Waals surface area contributed by atoms with E-state index in [-0.39, 0.29) is 0 Å². The molecule has 0 aliphatic heterocycles. The van der Waals surface area contributed by atoms with Gasteiger partial charge in [0, 0.05) is 36.7 Å². The highest BCUT2D eigenvalue weighted by Crippen LogP contribution is 2.60. The van der Waals surface area contributed by atoms with Crippen LogP contribution in [-0.2, 0) is 5.41 Å². The van der Waals surface area contributed by atoms with E-state index in [1.54, 1.807) is 0 Å². The second-order valence-electron chi connectivity index (χ2n) is 14.4. The molecule has 9 aromatic carbocycles. The minimum absolute atomic E-state index is 0.501. The quantitative estimate of drug-likeness (QED) is 0.166. The normalized spacial score (nSPS) is 12.9. The summed E-state index contributed by atoms with van der Waals surface area (Å²) in [5.41, 5.74) is 13.0. The molecule has 55 heavy (non-hydrogen) atoms. The Morgan fingerprint density at radius 3 is 1.75 bits per heavy atom. The van der Waals surface area contributed by atoms with Gasteiger partial charge in [-0.05, 0) is 75.2 Å². The summed E-state index contributed by atoms with van der Waals surface area (Å²) in [6.45, 7) is 0. The van der Waals surface area contributed by atoms with Gasteiger partial charge in [-0.3, -0.25) is 0 Å². The lowest BCUT2D eigenvalue weighted by molar-refractivity contribution is 0.768. The Kier molecular flexibility index (Phi) is 7.33. The van der Waals surface area contributed by atoms with Crippen LogP contribution in [0.2, 0.25) is 0 Å². The number of hydrogen-bond donors (Lipinski definition) is 0. The van der Waals surface area contributed by atoms with Gasteiger partial charge >= 0.3 is 0 Å². The molecule has 0 atom stereocenters. The van der Waals surface area contributed by atoms with E-state index < -0.39 is 5.41 Å². The van der Waals surface area contributed by atoms with Gasteiger partial charge in [0.15, 0.2) is 0 Å². The van der Waals surface area contributed by atoms with Gasteiger partial charge in [0.1, 0.15) is 0 Å². The maximum Gasteiger partial charge on any atom is 0.0714 e. The Labute approximate surface area is 325 Å². The summed E-state index contributed by atoms with van der Waals surface area (Å²) in [5, 5.41) is 5.03. The predicted octanol–water partition coefficient (Wildman–Crippen LogP) is 14.7. The Bertz CT molecular complexity index is 3000. The maximum absolute atomic E-state index is 2.54. The molecular formula is C53H35NS. The van der Waals surface area contributed by atoms with Crippen LogP contribution < -0.4 is 4.90 Å². The third kappa shape index (κ3) is 4.78. The third-order valence-corrected chi connectivity index (χ3v) is 12.7. The molecule has 1 aliphatic carbocycles. The van der Waals surface area contributed by atoms with E-state index >= 15 is 0 Å². The fourth-order valence-electron chi connectivity index (χ4n) is 9.26. The van der Waals surface area contributed by atoms with Crippen LogP contribution in [0, 0.1) is 0 Å². The molecule has 0 radical (unpaired) electrons. The summed E-state index contributed by atoms with van der Waals surface area (Å²) < 4.78 is 2.63. The Morgan fingerprint density at radius 1 is 0.364 bits per heavy atom. The van der Waals surface area contributed by atoms with E-state index in [0.29, 0.717) is 0 Å². The van der Waals surface area contributed by atoms with Crippen molar-refractivity contribution in [2.75, 3.05) is 4.90 Å². The number of nitrogens with zero attached hydrogens (tertiary/aromatic N) is 1. The molecule has 0 saturated heterocycles. The maximum atomic E-state index is 2.54. The van der Waals surface area contributed by atoms with Crippen molar-refractivity contribution < 1.29 is 0 Å². The monoisotopic (exact) mass is 717 g/mol. The summed E-state index contributed by atoms with van der Waals surface area (Å²) in [6.07, 6.45) is 0. The van der Waals surface area contributed by atoms with Gasteiger partial charge in [0.05, 0.1) is 22.5 Å². The molecule has 0 fully saturated rings. The molecule has 1 nitrogen and oxygen atoms in total. The van der Waals surface area contributed by atoms with Gasteiger partial charge in [-0.2, -0.15) is 0 Å². The van der Waals surface area contributed by atoms with Crippen LogP contribution in [0.25, 0.3) is 53.2 Å². The van der Waals surface area contributed by atoms with Crippen LogP contribution in [0.5, 0.6) is 0 Å². The number of fused-ring (bicyclic) bond motifs is 7. The fraction of sp³-hybridized carbons (Fsp3) is 0.0189. The average Bonchev–Trinajstić information content (AvgIpc) is 3.79. The zero-order chi connectivity index (χ0) is 36.3. The largest absolute Gasteiger partial charge is 0.309 e. The molecule has 0 bridgehead atoms. The van der Waals surface area contributed by atoms with Crippen molar-refractivity contribution in [3.8, 4) is 22.3 Å². The number of thiophene rings is 1. The topological polar surface area (TPSA) is 3.24 Å². The van der Waals surface area contributed by atoms with Crippen molar-refractivity contribution in [3.63, 3.8) is 0 Å². The smallest absolute Gasteiger partial charge is 0.0714 e. The van der Waals surface area contributed by atoms with Gasteiger partial charge in [-0.1, -0.05) is 176 Å². The summed E-state index contributed by atoms with van der Waals surface area (Å²) in [5.74, 6) is 0. The molecule has 1 heterocycles. The number of para-hydroxylation sites is 1. The van der Waals surface area contributed by atoms with Crippen LogP contribution in [-0.4, -0.2) is 0 Å². The van der Waals surface area contributed by atoms with Crippen molar-refractivity contribution in [1.29, 1.82) is 0 Å². The molecule has 1 aliphatic rings. The molecule has 0 unspecified atom stereocenters. The van der Waals surface area contributed by atoms with Gasteiger partial charge in [0.25, 0.3) is 0 Å². The molecule has 1 aromatic heterocycles. The first kappa shape index (κ1) is 31.8. The van der Waals surface area contributed by atoms with Crippen LogP contribution >= 0.6 is 11.3 Å². The zero-order valence-corrected chi connectivity index (χ0v) is 30.9. The summed E-state index contributed by atoms with van der Waals surface area (Å²) in [4.78, 5) is 2.54. The molecule has 11 rings (SSSR count). The second kappa shape index (κ2) is 12.7. The molecular weight excluding hydrogens is 683 g/mol. The van der Waals surface area contributed by atoms with Gasteiger partial charge in [-0.25, -0.2) is 0 Å². The first-order valence-corrected chi connectivity index (χ1v) is 19.8. The van der Waals surface area contributed by atoms with E-state index in [2.05, 4.69) is 217 Å². The van der Waals surface area contributed by atoms with Gasteiger partial charge in [0.2, 0.25) is 0 Å². The number of benzene rings is 9. The molecule has 2 heteroatoms. The lowest BCUT2D eigenvalue weighted by Crippen LogP contribution is -2.28. The number of anilines is 3. The number of hydrogen-bond acceptors (Lipinski definition) is 2.